The fourth-order valence-corrected chi connectivity index (χ4v) is 2.46. The number of hydrogen-bond donors (Lipinski definition) is 1. The maximum Gasteiger partial charge on any atom is 0.231 e. The van der Waals surface area contributed by atoms with Crippen LogP contribution in [-0.4, -0.2) is 10.9 Å². The van der Waals surface area contributed by atoms with Crippen LogP contribution in [0.4, 0.5) is 0 Å². The van der Waals surface area contributed by atoms with E-state index in [1.807, 2.05) is 0 Å². The molecule has 100 valence electrons. The van der Waals surface area contributed by atoms with Gasteiger partial charge in [0.2, 0.25) is 5.78 Å². The summed E-state index contributed by atoms with van der Waals surface area (Å²) in [6.45, 7) is 0. The number of allylic oxidation sites excluding steroid dienone is 1. The number of rotatable bonds is 1. The molecule has 1 aliphatic rings. The molecule has 2 aromatic carbocycles. The van der Waals surface area contributed by atoms with E-state index in [2.05, 4.69) is 0 Å². The lowest BCUT2D eigenvalue weighted by atomic mass is 10.1. The summed E-state index contributed by atoms with van der Waals surface area (Å²) in [6, 6.07) is 9.42. The fourth-order valence-electron chi connectivity index (χ4n) is 1.96. The first-order valence-electron chi connectivity index (χ1n) is 5.77. The molecule has 3 rings (SSSR count). The van der Waals surface area contributed by atoms with Gasteiger partial charge in [0.05, 0.1) is 5.56 Å². The van der Waals surface area contributed by atoms with E-state index in [-0.39, 0.29) is 17.3 Å². The fraction of sp³-hybridized carbons (Fsp3) is 0. The Hall–Kier alpha value is -1.97. The number of carbonyl (C=O) groups excluding carboxylic acids is 1. The molecule has 0 atom stereocenters. The van der Waals surface area contributed by atoms with Gasteiger partial charge in [-0.15, -0.1) is 0 Å². The van der Waals surface area contributed by atoms with Crippen LogP contribution in [0.5, 0.6) is 11.5 Å². The molecular weight excluding hydrogens is 299 g/mol. The molecule has 0 aromatic heterocycles. The molecule has 0 radical (unpaired) electrons. The molecule has 0 saturated heterocycles. The van der Waals surface area contributed by atoms with Crippen LogP contribution in [0.15, 0.2) is 42.2 Å². The second kappa shape index (κ2) is 4.85. The molecular formula is C15H8Cl2O3. The summed E-state index contributed by atoms with van der Waals surface area (Å²) in [5.41, 5.74) is 0.924. The Morgan fingerprint density at radius 2 is 1.80 bits per heavy atom. The Balaban J connectivity index is 2.06. The first kappa shape index (κ1) is 13.0. The number of carbonyl (C=O) groups is 1. The van der Waals surface area contributed by atoms with E-state index in [1.165, 1.54) is 24.3 Å². The molecule has 0 amide bonds. The molecule has 1 N–H and O–H groups in total. The zero-order valence-electron chi connectivity index (χ0n) is 10.1. The van der Waals surface area contributed by atoms with Crippen molar-refractivity contribution in [2.24, 2.45) is 0 Å². The predicted molar refractivity (Wildman–Crippen MR) is 77.5 cm³/mol. The average Bonchev–Trinajstić information content (AvgIpc) is 2.70. The van der Waals surface area contributed by atoms with Crippen molar-refractivity contribution in [2.45, 2.75) is 0 Å². The summed E-state index contributed by atoms with van der Waals surface area (Å²) >= 11 is 12.1. The summed E-state index contributed by atoms with van der Waals surface area (Å²) in [6.07, 6.45) is 1.50. The second-order valence-electron chi connectivity index (χ2n) is 4.26. The third-order valence-corrected chi connectivity index (χ3v) is 3.59. The summed E-state index contributed by atoms with van der Waals surface area (Å²) < 4.78 is 5.45. The summed E-state index contributed by atoms with van der Waals surface area (Å²) in [7, 11) is 0. The largest absolute Gasteiger partial charge is 0.508 e. The average molecular weight is 307 g/mol. The van der Waals surface area contributed by atoms with E-state index in [0.29, 0.717) is 26.9 Å². The monoisotopic (exact) mass is 306 g/mol. The highest BCUT2D eigenvalue weighted by Crippen LogP contribution is 2.36. The van der Waals surface area contributed by atoms with Gasteiger partial charge in [-0.25, -0.2) is 0 Å². The summed E-state index contributed by atoms with van der Waals surface area (Å²) in [4.78, 5) is 12.2. The molecule has 3 nitrogen and oxygen atoms in total. The Morgan fingerprint density at radius 1 is 1.10 bits per heavy atom. The number of Topliss-reactive ketones (excluding diaryl/α,β-unsaturated/α-hetero) is 1. The SMILES string of the molecule is O=C1/C(=C/c2c(Cl)cccc2Cl)Oc2cc(O)ccc21. The van der Waals surface area contributed by atoms with E-state index in [1.54, 1.807) is 18.2 Å². The smallest absolute Gasteiger partial charge is 0.231 e. The van der Waals surface area contributed by atoms with Gasteiger partial charge < -0.3 is 9.84 Å². The van der Waals surface area contributed by atoms with E-state index in [4.69, 9.17) is 27.9 Å². The summed E-state index contributed by atoms with van der Waals surface area (Å²) in [5, 5.41) is 10.3. The van der Waals surface area contributed by atoms with Gasteiger partial charge in [-0.05, 0) is 30.3 Å². The van der Waals surface area contributed by atoms with Crippen molar-refractivity contribution in [1.29, 1.82) is 0 Å². The van der Waals surface area contributed by atoms with Gasteiger partial charge in [-0.2, -0.15) is 0 Å². The molecule has 0 fully saturated rings. The van der Waals surface area contributed by atoms with E-state index in [9.17, 15) is 9.90 Å². The van der Waals surface area contributed by atoms with Crippen molar-refractivity contribution in [3.63, 3.8) is 0 Å². The maximum absolute atomic E-state index is 12.2. The minimum absolute atomic E-state index is 0.0357. The topological polar surface area (TPSA) is 46.5 Å². The van der Waals surface area contributed by atoms with Crippen molar-refractivity contribution in [1.82, 2.24) is 0 Å². The van der Waals surface area contributed by atoms with Crippen LogP contribution in [-0.2, 0) is 0 Å². The van der Waals surface area contributed by atoms with E-state index < -0.39 is 0 Å². The number of ether oxygens (including phenoxy) is 1. The Morgan fingerprint density at radius 3 is 2.50 bits per heavy atom. The summed E-state index contributed by atoms with van der Waals surface area (Å²) in [5.74, 6) is 0.217. The number of phenols is 1. The van der Waals surface area contributed by atoms with Crippen molar-refractivity contribution in [2.75, 3.05) is 0 Å². The first-order valence-corrected chi connectivity index (χ1v) is 6.53. The first-order chi connectivity index (χ1) is 9.56. The molecule has 1 aliphatic heterocycles. The van der Waals surface area contributed by atoms with Gasteiger partial charge in [0, 0.05) is 21.7 Å². The predicted octanol–water partition coefficient (Wildman–Crippen LogP) is 4.32. The number of aromatic hydroxyl groups is 1. The van der Waals surface area contributed by atoms with Gasteiger partial charge in [-0.3, -0.25) is 4.79 Å². The van der Waals surface area contributed by atoms with E-state index >= 15 is 0 Å². The number of fused-ring (bicyclic) bond motifs is 1. The lowest BCUT2D eigenvalue weighted by Gasteiger charge is -2.03. The highest BCUT2D eigenvalue weighted by molar-refractivity contribution is 6.37. The minimum atomic E-state index is -0.268. The van der Waals surface area contributed by atoms with Gasteiger partial charge in [0.15, 0.2) is 5.76 Å². The molecule has 0 aliphatic carbocycles. The number of halogens is 2. The van der Waals surface area contributed by atoms with Crippen LogP contribution in [0.2, 0.25) is 10.0 Å². The van der Waals surface area contributed by atoms with Crippen molar-refractivity contribution >= 4 is 35.1 Å². The normalized spacial score (nSPS) is 15.3. The molecule has 20 heavy (non-hydrogen) atoms. The molecule has 0 bridgehead atoms. The lowest BCUT2D eigenvalue weighted by molar-refractivity contribution is 0.101. The lowest BCUT2D eigenvalue weighted by Crippen LogP contribution is -1.98. The molecule has 5 heteroatoms. The molecule has 0 saturated carbocycles. The zero-order valence-corrected chi connectivity index (χ0v) is 11.6. The third-order valence-electron chi connectivity index (χ3n) is 2.93. The van der Waals surface area contributed by atoms with Crippen molar-refractivity contribution in [3.05, 3.63) is 63.3 Å². The Labute approximate surface area is 125 Å². The zero-order chi connectivity index (χ0) is 14.3. The minimum Gasteiger partial charge on any atom is -0.508 e. The number of ketones is 1. The van der Waals surface area contributed by atoms with Crippen LogP contribution in [0, 0.1) is 0 Å². The van der Waals surface area contributed by atoms with Gasteiger partial charge in [0.25, 0.3) is 0 Å². The quantitative estimate of drug-likeness (QED) is 0.798. The highest BCUT2D eigenvalue weighted by atomic mass is 35.5. The highest BCUT2D eigenvalue weighted by Gasteiger charge is 2.27. The molecule has 2 aromatic rings. The van der Waals surface area contributed by atoms with Gasteiger partial charge >= 0.3 is 0 Å². The van der Waals surface area contributed by atoms with Crippen LogP contribution >= 0.6 is 23.2 Å². The number of benzene rings is 2. The molecule has 1 heterocycles. The third kappa shape index (κ3) is 2.15. The van der Waals surface area contributed by atoms with Crippen LogP contribution in [0.1, 0.15) is 15.9 Å². The number of phenolic OH excluding ortho intramolecular Hbond substituents is 1. The second-order valence-corrected chi connectivity index (χ2v) is 5.07. The van der Waals surface area contributed by atoms with Gasteiger partial charge in [0.1, 0.15) is 11.5 Å². The molecule has 0 spiro atoms. The number of hydrogen-bond acceptors (Lipinski definition) is 3. The standard InChI is InChI=1S/C15H8Cl2O3/c16-11-2-1-3-12(17)10(11)7-14-15(19)9-5-4-8(18)6-13(9)20-14/h1-7,18H/b14-7-. The van der Waals surface area contributed by atoms with E-state index in [0.717, 1.165) is 0 Å². The van der Waals surface area contributed by atoms with Crippen LogP contribution in [0.25, 0.3) is 6.08 Å². The van der Waals surface area contributed by atoms with Crippen molar-refractivity contribution in [3.8, 4) is 11.5 Å². The van der Waals surface area contributed by atoms with Gasteiger partial charge in [-0.1, -0.05) is 29.3 Å². The Bertz CT molecular complexity index is 731. The van der Waals surface area contributed by atoms with Crippen LogP contribution in [0.3, 0.4) is 0 Å². The van der Waals surface area contributed by atoms with Crippen molar-refractivity contribution < 1.29 is 14.6 Å². The van der Waals surface area contributed by atoms with Crippen LogP contribution < -0.4 is 4.74 Å². The Kier molecular flexibility index (Phi) is 3.16. The molecule has 0 unspecified atom stereocenters. The maximum atomic E-state index is 12.2.